The highest BCUT2D eigenvalue weighted by molar-refractivity contribution is 5.77. The predicted octanol–water partition coefficient (Wildman–Crippen LogP) is 4.61. The summed E-state index contributed by atoms with van der Waals surface area (Å²) in [5, 5.41) is 0. The lowest BCUT2D eigenvalue weighted by Crippen LogP contribution is -2.06. The van der Waals surface area contributed by atoms with Crippen molar-refractivity contribution in [2.45, 2.75) is 26.1 Å². The van der Waals surface area contributed by atoms with Crippen LogP contribution in [0.1, 0.15) is 17.0 Å². The number of imidazole rings is 1. The minimum Gasteiger partial charge on any atom is -0.328 e. The standard InChI is InChI=1S/C17H15F3N2/c1-12-21-15-8-7-14(17(18,19)20)11-16(15)22(12)10-9-13-5-3-2-4-6-13/h2-8,11H,9-10H2,1H3. The summed E-state index contributed by atoms with van der Waals surface area (Å²) in [7, 11) is 0. The van der Waals surface area contributed by atoms with Gasteiger partial charge in [-0.3, -0.25) is 0 Å². The number of nitrogens with zero attached hydrogens (tertiary/aromatic N) is 2. The molecule has 0 saturated carbocycles. The smallest absolute Gasteiger partial charge is 0.328 e. The van der Waals surface area contributed by atoms with E-state index in [1.165, 1.54) is 12.1 Å². The van der Waals surface area contributed by atoms with Gasteiger partial charge in [0.2, 0.25) is 0 Å². The Morgan fingerprint density at radius 2 is 1.77 bits per heavy atom. The second-order valence-electron chi connectivity index (χ2n) is 5.25. The molecule has 0 fully saturated rings. The lowest BCUT2D eigenvalue weighted by Gasteiger charge is -2.09. The van der Waals surface area contributed by atoms with E-state index in [0.717, 1.165) is 23.9 Å². The molecule has 0 atom stereocenters. The molecule has 0 radical (unpaired) electrons. The van der Waals surface area contributed by atoms with Gasteiger partial charge in [0.15, 0.2) is 0 Å². The van der Waals surface area contributed by atoms with Gasteiger partial charge in [0.1, 0.15) is 5.82 Å². The summed E-state index contributed by atoms with van der Waals surface area (Å²) in [4.78, 5) is 4.34. The number of alkyl halides is 3. The van der Waals surface area contributed by atoms with Gasteiger partial charge in [-0.1, -0.05) is 30.3 Å². The molecule has 1 aromatic heterocycles. The van der Waals surface area contributed by atoms with E-state index in [9.17, 15) is 13.2 Å². The molecule has 2 aromatic carbocycles. The highest BCUT2D eigenvalue weighted by atomic mass is 19.4. The van der Waals surface area contributed by atoms with Gasteiger partial charge in [-0.05, 0) is 37.1 Å². The number of halogens is 3. The Balaban J connectivity index is 1.96. The Morgan fingerprint density at radius 1 is 1.05 bits per heavy atom. The van der Waals surface area contributed by atoms with E-state index >= 15 is 0 Å². The first-order valence-electron chi connectivity index (χ1n) is 7.03. The Hall–Kier alpha value is -2.30. The maximum atomic E-state index is 12.9. The minimum atomic E-state index is -4.34. The third kappa shape index (κ3) is 2.84. The lowest BCUT2D eigenvalue weighted by molar-refractivity contribution is -0.137. The molecular formula is C17H15F3N2. The largest absolute Gasteiger partial charge is 0.416 e. The number of fused-ring (bicyclic) bond motifs is 1. The van der Waals surface area contributed by atoms with Crippen molar-refractivity contribution in [1.29, 1.82) is 0 Å². The molecule has 0 N–H and O–H groups in total. The fourth-order valence-corrected chi connectivity index (χ4v) is 2.59. The van der Waals surface area contributed by atoms with E-state index in [-0.39, 0.29) is 0 Å². The number of aryl methyl sites for hydroxylation is 3. The van der Waals surface area contributed by atoms with Crippen molar-refractivity contribution in [1.82, 2.24) is 9.55 Å². The minimum absolute atomic E-state index is 0.531. The molecule has 114 valence electrons. The van der Waals surface area contributed by atoms with Crippen LogP contribution in [-0.2, 0) is 19.1 Å². The number of hydrogen-bond donors (Lipinski definition) is 0. The quantitative estimate of drug-likeness (QED) is 0.691. The molecule has 3 aromatic rings. The van der Waals surface area contributed by atoms with E-state index in [1.54, 1.807) is 0 Å². The molecule has 0 bridgehead atoms. The van der Waals surface area contributed by atoms with Gasteiger partial charge in [-0.2, -0.15) is 13.2 Å². The third-order valence-corrected chi connectivity index (χ3v) is 3.73. The Kier molecular flexibility index (Phi) is 3.64. The van der Waals surface area contributed by atoms with Crippen LogP contribution in [0.4, 0.5) is 13.2 Å². The SMILES string of the molecule is Cc1nc2ccc(C(F)(F)F)cc2n1CCc1ccccc1. The van der Waals surface area contributed by atoms with Gasteiger partial charge in [0.05, 0.1) is 16.6 Å². The molecule has 0 unspecified atom stereocenters. The molecule has 0 spiro atoms. The van der Waals surface area contributed by atoms with Crippen molar-refractivity contribution in [2.24, 2.45) is 0 Å². The van der Waals surface area contributed by atoms with E-state index in [0.29, 0.717) is 17.6 Å². The van der Waals surface area contributed by atoms with Gasteiger partial charge in [-0.25, -0.2) is 4.98 Å². The van der Waals surface area contributed by atoms with Crippen LogP contribution in [0.25, 0.3) is 11.0 Å². The van der Waals surface area contributed by atoms with Crippen LogP contribution in [0.15, 0.2) is 48.5 Å². The number of rotatable bonds is 3. The third-order valence-electron chi connectivity index (χ3n) is 3.73. The first-order valence-corrected chi connectivity index (χ1v) is 7.03. The van der Waals surface area contributed by atoms with Crippen molar-refractivity contribution in [3.05, 3.63) is 65.5 Å². The molecule has 0 amide bonds. The normalized spacial score (nSPS) is 12.0. The topological polar surface area (TPSA) is 17.8 Å². The highest BCUT2D eigenvalue weighted by Gasteiger charge is 2.31. The van der Waals surface area contributed by atoms with Crippen LogP contribution in [0, 0.1) is 6.92 Å². The van der Waals surface area contributed by atoms with Crippen molar-refractivity contribution in [3.63, 3.8) is 0 Å². The van der Waals surface area contributed by atoms with Crippen LogP contribution in [0.5, 0.6) is 0 Å². The average Bonchev–Trinajstić information content (AvgIpc) is 2.80. The van der Waals surface area contributed by atoms with Crippen LogP contribution in [0.3, 0.4) is 0 Å². The van der Waals surface area contributed by atoms with Crippen molar-refractivity contribution in [2.75, 3.05) is 0 Å². The van der Waals surface area contributed by atoms with E-state index in [1.807, 2.05) is 41.8 Å². The molecule has 1 heterocycles. The van der Waals surface area contributed by atoms with Crippen molar-refractivity contribution < 1.29 is 13.2 Å². The number of benzene rings is 2. The number of aromatic nitrogens is 2. The van der Waals surface area contributed by atoms with Gasteiger partial charge >= 0.3 is 6.18 Å². The first kappa shape index (κ1) is 14.6. The summed E-state index contributed by atoms with van der Waals surface area (Å²) in [6.07, 6.45) is -3.58. The fourth-order valence-electron chi connectivity index (χ4n) is 2.59. The summed E-state index contributed by atoms with van der Waals surface area (Å²) in [5.41, 5.74) is 1.64. The highest BCUT2D eigenvalue weighted by Crippen LogP contribution is 2.31. The van der Waals surface area contributed by atoms with Crippen LogP contribution in [-0.4, -0.2) is 9.55 Å². The van der Waals surface area contributed by atoms with Gasteiger partial charge in [-0.15, -0.1) is 0 Å². The fraction of sp³-hybridized carbons (Fsp3) is 0.235. The molecule has 2 nitrogen and oxygen atoms in total. The van der Waals surface area contributed by atoms with Crippen molar-refractivity contribution >= 4 is 11.0 Å². The average molecular weight is 304 g/mol. The lowest BCUT2D eigenvalue weighted by atomic mass is 10.1. The second-order valence-corrected chi connectivity index (χ2v) is 5.25. The van der Waals surface area contributed by atoms with Gasteiger partial charge in [0, 0.05) is 6.54 Å². The summed E-state index contributed by atoms with van der Waals surface area (Å²) in [6, 6.07) is 13.6. The zero-order valence-electron chi connectivity index (χ0n) is 12.1. The van der Waals surface area contributed by atoms with E-state index < -0.39 is 11.7 Å². The molecule has 0 aliphatic heterocycles. The summed E-state index contributed by atoms with van der Waals surface area (Å²) < 4.78 is 40.5. The summed E-state index contributed by atoms with van der Waals surface area (Å²) in [6.45, 7) is 2.42. The second kappa shape index (κ2) is 5.48. The van der Waals surface area contributed by atoms with Crippen LogP contribution in [0.2, 0.25) is 0 Å². The van der Waals surface area contributed by atoms with Crippen LogP contribution >= 0.6 is 0 Å². The molecule has 0 saturated heterocycles. The van der Waals surface area contributed by atoms with Crippen molar-refractivity contribution in [3.8, 4) is 0 Å². The maximum Gasteiger partial charge on any atom is 0.416 e. The molecule has 0 aliphatic rings. The van der Waals surface area contributed by atoms with Crippen LogP contribution < -0.4 is 0 Å². The van der Waals surface area contributed by atoms with Gasteiger partial charge < -0.3 is 4.57 Å². The molecule has 3 rings (SSSR count). The monoisotopic (exact) mass is 304 g/mol. The molecular weight excluding hydrogens is 289 g/mol. The van der Waals surface area contributed by atoms with E-state index in [2.05, 4.69) is 4.98 Å². The molecule has 22 heavy (non-hydrogen) atoms. The number of hydrogen-bond acceptors (Lipinski definition) is 1. The Bertz CT molecular complexity index is 789. The zero-order valence-corrected chi connectivity index (χ0v) is 12.1. The zero-order chi connectivity index (χ0) is 15.7. The Labute approximate surface area is 126 Å². The first-order chi connectivity index (χ1) is 10.4. The Morgan fingerprint density at radius 3 is 2.45 bits per heavy atom. The summed E-state index contributed by atoms with van der Waals surface area (Å²) >= 11 is 0. The molecule has 0 aliphatic carbocycles. The molecule has 5 heteroatoms. The maximum absolute atomic E-state index is 12.9. The summed E-state index contributed by atoms with van der Waals surface area (Å²) in [5.74, 6) is 0.727. The predicted molar refractivity (Wildman–Crippen MR) is 79.6 cm³/mol. The van der Waals surface area contributed by atoms with Gasteiger partial charge in [0.25, 0.3) is 0 Å². The van der Waals surface area contributed by atoms with E-state index in [4.69, 9.17) is 0 Å².